The third kappa shape index (κ3) is 4.63. The maximum Gasteiger partial charge on any atom is 0.416 e. The van der Waals surface area contributed by atoms with Crippen LogP contribution >= 0.6 is 0 Å². The first-order chi connectivity index (χ1) is 19.3. The Labute approximate surface area is 230 Å². The normalized spacial score (nSPS) is 21.9. The van der Waals surface area contributed by atoms with Gasteiger partial charge in [0.25, 0.3) is 0 Å². The predicted octanol–water partition coefficient (Wildman–Crippen LogP) is 7.48. The minimum Gasteiger partial charge on any atom is -0.496 e. The molecule has 0 saturated carbocycles. The maximum atomic E-state index is 13.5. The van der Waals surface area contributed by atoms with E-state index in [1.807, 2.05) is 29.2 Å². The van der Waals surface area contributed by atoms with E-state index in [0.29, 0.717) is 12.8 Å². The molecule has 3 aliphatic rings. The first kappa shape index (κ1) is 26.4. The summed E-state index contributed by atoms with van der Waals surface area (Å²) in [5.74, 6) is -0.764. The number of ketones is 1. The Hall–Kier alpha value is -3.81. The summed E-state index contributed by atoms with van der Waals surface area (Å²) in [4.78, 5) is 28.8. The molecule has 0 N–H and O–H groups in total. The van der Waals surface area contributed by atoms with E-state index in [1.165, 1.54) is 13.2 Å². The summed E-state index contributed by atoms with van der Waals surface area (Å²) in [6.07, 6.45) is -1.53. The van der Waals surface area contributed by atoms with E-state index in [0.717, 1.165) is 53.6 Å². The first-order valence-electron chi connectivity index (χ1n) is 13.7. The van der Waals surface area contributed by atoms with Crippen LogP contribution in [0.5, 0.6) is 5.75 Å². The van der Waals surface area contributed by atoms with Crippen LogP contribution in [-0.4, -0.2) is 42.6 Å². The fourth-order valence-electron chi connectivity index (χ4n) is 6.85. The van der Waals surface area contributed by atoms with Crippen LogP contribution in [0.15, 0.2) is 66.7 Å². The highest BCUT2D eigenvalue weighted by atomic mass is 19.4. The van der Waals surface area contributed by atoms with Gasteiger partial charge in [0.1, 0.15) is 12.4 Å². The van der Waals surface area contributed by atoms with E-state index in [4.69, 9.17) is 9.47 Å². The third-order valence-corrected chi connectivity index (χ3v) is 8.69. The van der Waals surface area contributed by atoms with Gasteiger partial charge in [0.2, 0.25) is 0 Å². The molecule has 2 atom stereocenters. The topological polar surface area (TPSA) is 55.8 Å². The number of fused-ring (bicyclic) bond motifs is 5. The molecule has 2 bridgehead atoms. The van der Waals surface area contributed by atoms with Crippen molar-refractivity contribution >= 4 is 11.9 Å². The zero-order valence-corrected chi connectivity index (χ0v) is 22.1. The molecule has 3 aromatic carbocycles. The van der Waals surface area contributed by atoms with Gasteiger partial charge in [-0.3, -0.25) is 4.79 Å². The minimum absolute atomic E-state index is 0.0394. The molecule has 2 aliphatic heterocycles. The molecular weight excluding hydrogens is 519 g/mol. The number of ether oxygens (including phenoxy) is 2. The molecule has 3 aromatic rings. The van der Waals surface area contributed by atoms with Crippen molar-refractivity contribution in [2.75, 3.05) is 13.7 Å². The lowest BCUT2D eigenvalue weighted by Crippen LogP contribution is -2.55. The lowest BCUT2D eigenvalue weighted by molar-refractivity contribution is -0.137. The van der Waals surface area contributed by atoms with Crippen LogP contribution in [-0.2, 0) is 10.9 Å². The summed E-state index contributed by atoms with van der Waals surface area (Å²) in [7, 11) is 1.26. The van der Waals surface area contributed by atoms with Crippen LogP contribution in [0.25, 0.3) is 11.1 Å². The summed E-state index contributed by atoms with van der Waals surface area (Å²) in [5, 5.41) is 0. The Balaban J connectivity index is 1.16. The minimum atomic E-state index is -4.53. The molecule has 5 nitrogen and oxygen atoms in total. The van der Waals surface area contributed by atoms with Crippen molar-refractivity contribution < 1.29 is 32.2 Å². The van der Waals surface area contributed by atoms with Crippen molar-refractivity contribution in [1.82, 2.24) is 4.90 Å². The molecule has 2 saturated heterocycles. The standard InChI is InChI=1S/C32H30F3NO4/c1-39-29-17-20(32(33,34)35)13-14-27(29)30(37)19-15-21-7-6-8-22(16-19)36(21)31(38)40-18-28-25-11-4-2-9-23(25)24-10-3-5-12-26(24)28/h2-5,9-14,17,19,21-22,28H,6-8,15-16,18H2,1H3. The number of hydrogen-bond acceptors (Lipinski definition) is 4. The second-order valence-corrected chi connectivity index (χ2v) is 10.9. The molecule has 2 unspecified atom stereocenters. The van der Waals surface area contributed by atoms with E-state index < -0.39 is 17.7 Å². The summed E-state index contributed by atoms with van der Waals surface area (Å²) in [6, 6.07) is 19.0. The molecule has 2 heterocycles. The molecule has 1 aliphatic carbocycles. The highest BCUT2D eigenvalue weighted by molar-refractivity contribution is 6.00. The number of rotatable bonds is 5. The lowest BCUT2D eigenvalue weighted by Gasteiger charge is -2.47. The molecule has 0 aromatic heterocycles. The fraction of sp³-hybridized carbons (Fsp3) is 0.375. The molecule has 208 valence electrons. The van der Waals surface area contributed by atoms with Crippen LogP contribution in [0.1, 0.15) is 65.1 Å². The van der Waals surface area contributed by atoms with Gasteiger partial charge >= 0.3 is 12.3 Å². The summed E-state index contributed by atoms with van der Waals surface area (Å²) in [5.41, 5.74) is 3.90. The number of amides is 1. The molecule has 2 fully saturated rings. The monoisotopic (exact) mass is 549 g/mol. The number of Topliss-reactive ketones (excluding diaryl/α,β-unsaturated/α-hetero) is 1. The van der Waals surface area contributed by atoms with E-state index in [-0.39, 0.29) is 47.8 Å². The molecule has 0 spiro atoms. The van der Waals surface area contributed by atoms with E-state index in [1.54, 1.807) is 0 Å². The van der Waals surface area contributed by atoms with Gasteiger partial charge in [-0.25, -0.2) is 4.79 Å². The van der Waals surface area contributed by atoms with Gasteiger partial charge in [0.05, 0.1) is 18.2 Å². The second kappa shape index (κ2) is 10.3. The highest BCUT2D eigenvalue weighted by Gasteiger charge is 2.44. The average molecular weight is 550 g/mol. The summed E-state index contributed by atoms with van der Waals surface area (Å²) >= 11 is 0. The Morgan fingerprint density at radius 3 is 2.08 bits per heavy atom. The molecule has 8 heteroatoms. The van der Waals surface area contributed by atoms with Crippen LogP contribution in [0.2, 0.25) is 0 Å². The number of benzene rings is 3. The number of halogens is 3. The lowest BCUT2D eigenvalue weighted by atomic mass is 9.75. The fourth-order valence-corrected chi connectivity index (χ4v) is 6.85. The number of nitrogens with zero attached hydrogens (tertiary/aromatic N) is 1. The van der Waals surface area contributed by atoms with Gasteiger partial charge < -0.3 is 14.4 Å². The molecule has 0 radical (unpaired) electrons. The van der Waals surface area contributed by atoms with Crippen molar-refractivity contribution in [3.63, 3.8) is 0 Å². The van der Waals surface area contributed by atoms with Gasteiger partial charge in [-0.15, -0.1) is 0 Å². The largest absolute Gasteiger partial charge is 0.496 e. The van der Waals surface area contributed by atoms with Gasteiger partial charge in [-0.2, -0.15) is 13.2 Å². The van der Waals surface area contributed by atoms with Gasteiger partial charge in [0, 0.05) is 23.9 Å². The Morgan fingerprint density at radius 1 is 0.900 bits per heavy atom. The number of carbonyl (C=O) groups is 2. The number of alkyl halides is 3. The SMILES string of the molecule is COc1cc(C(F)(F)F)ccc1C(=O)C1CC2CCCC(C1)N2C(=O)OCC1c2ccccc2-c2ccccc21. The Bertz CT molecular complexity index is 1390. The predicted molar refractivity (Wildman–Crippen MR) is 143 cm³/mol. The van der Waals surface area contributed by atoms with Crippen LogP contribution in [0, 0.1) is 5.92 Å². The number of methoxy groups -OCH3 is 1. The third-order valence-electron chi connectivity index (χ3n) is 8.69. The number of hydrogen-bond donors (Lipinski definition) is 0. The zero-order valence-electron chi connectivity index (χ0n) is 22.1. The van der Waals surface area contributed by atoms with Crippen molar-refractivity contribution in [2.45, 2.75) is 56.3 Å². The van der Waals surface area contributed by atoms with Gasteiger partial charge in [-0.1, -0.05) is 48.5 Å². The van der Waals surface area contributed by atoms with E-state index >= 15 is 0 Å². The number of piperidine rings is 2. The van der Waals surface area contributed by atoms with Crippen molar-refractivity contribution in [1.29, 1.82) is 0 Å². The van der Waals surface area contributed by atoms with E-state index in [2.05, 4.69) is 24.3 Å². The number of carbonyl (C=O) groups excluding carboxylic acids is 2. The smallest absolute Gasteiger partial charge is 0.416 e. The first-order valence-corrected chi connectivity index (χ1v) is 13.7. The van der Waals surface area contributed by atoms with Crippen molar-refractivity contribution in [3.8, 4) is 16.9 Å². The van der Waals surface area contributed by atoms with E-state index in [9.17, 15) is 22.8 Å². The molecule has 1 amide bonds. The second-order valence-electron chi connectivity index (χ2n) is 10.9. The highest BCUT2D eigenvalue weighted by Crippen LogP contribution is 2.45. The summed E-state index contributed by atoms with van der Waals surface area (Å²) < 4.78 is 50.7. The molecule has 6 rings (SSSR count). The van der Waals surface area contributed by atoms with Crippen molar-refractivity contribution in [2.24, 2.45) is 5.92 Å². The van der Waals surface area contributed by atoms with Crippen LogP contribution in [0.3, 0.4) is 0 Å². The van der Waals surface area contributed by atoms with Crippen LogP contribution in [0.4, 0.5) is 18.0 Å². The maximum absolute atomic E-state index is 13.5. The Morgan fingerprint density at radius 2 is 1.50 bits per heavy atom. The summed E-state index contributed by atoms with van der Waals surface area (Å²) in [6.45, 7) is 0.230. The molecular formula is C32H30F3NO4. The van der Waals surface area contributed by atoms with Crippen molar-refractivity contribution in [3.05, 3.63) is 89.0 Å². The molecule has 40 heavy (non-hydrogen) atoms. The average Bonchev–Trinajstić information content (AvgIpc) is 3.27. The quantitative estimate of drug-likeness (QED) is 0.310. The van der Waals surface area contributed by atoms with Gasteiger partial charge in [0.15, 0.2) is 5.78 Å². The van der Waals surface area contributed by atoms with Crippen LogP contribution < -0.4 is 4.74 Å². The Kier molecular flexibility index (Phi) is 6.80. The zero-order chi connectivity index (χ0) is 28.0. The van der Waals surface area contributed by atoms with Gasteiger partial charge in [-0.05, 0) is 72.6 Å².